The number of hydrogen-bond donors (Lipinski definition) is 0. The molecule has 238 valence electrons. The van der Waals surface area contributed by atoms with Crippen LogP contribution in [-0.2, 0) is 6.42 Å². The fourth-order valence-corrected chi connectivity index (χ4v) is 8.07. The van der Waals surface area contributed by atoms with E-state index in [-0.39, 0.29) is 0 Å². The number of aromatic nitrogens is 5. The molecule has 11 rings (SSSR count). The zero-order valence-corrected chi connectivity index (χ0v) is 27.5. The van der Waals surface area contributed by atoms with E-state index in [0.29, 0.717) is 0 Å². The molecule has 0 atom stereocenters. The lowest BCUT2D eigenvalue weighted by molar-refractivity contribution is 1.12. The molecule has 0 spiro atoms. The summed E-state index contributed by atoms with van der Waals surface area (Å²) in [7, 11) is 0. The summed E-state index contributed by atoms with van der Waals surface area (Å²) in [6.45, 7) is 0. The minimum atomic E-state index is 0.723. The summed E-state index contributed by atoms with van der Waals surface area (Å²) < 4.78 is 4.69. The van der Waals surface area contributed by atoms with E-state index in [2.05, 4.69) is 161 Å². The molecule has 0 saturated carbocycles. The molecule has 0 unspecified atom stereocenters. The Bertz CT molecular complexity index is 2790. The van der Waals surface area contributed by atoms with Crippen LogP contribution in [0.5, 0.6) is 0 Å². The lowest BCUT2D eigenvalue weighted by atomic mass is 10.0. The minimum Gasteiger partial charge on any atom is -0.309 e. The number of para-hydroxylation sites is 4. The largest absolute Gasteiger partial charge is 0.309 e. The number of pyridine rings is 1. The third kappa shape index (κ3) is 4.25. The number of fused-ring (bicyclic) bond motifs is 9. The summed E-state index contributed by atoms with van der Waals surface area (Å²) in [5.74, 6) is 0.723. The first-order chi connectivity index (χ1) is 25.3. The Morgan fingerprint density at radius 2 is 0.961 bits per heavy atom. The van der Waals surface area contributed by atoms with E-state index in [1.54, 1.807) is 0 Å². The van der Waals surface area contributed by atoms with Gasteiger partial charge in [0, 0.05) is 74.0 Å². The standard InChI is InChI=1S/C46H29N5/c1-3-11-33(12-4-1)50-41-17-9-7-15-35(41)37-21-19-29(24-43(37)50)40-26-39-31(27-47-40)23-32-28-48-46(49-45(32)39)30-20-22-38-36-16-8-10-18-42(36)51(44(38)25-30)34-13-5-2-6-14-34/h1-22,24-28H,23H2. The van der Waals surface area contributed by atoms with Gasteiger partial charge < -0.3 is 9.13 Å². The first kappa shape index (κ1) is 28.0. The maximum atomic E-state index is 5.24. The van der Waals surface area contributed by atoms with Crippen LogP contribution in [0.1, 0.15) is 11.1 Å². The van der Waals surface area contributed by atoms with Crippen molar-refractivity contribution in [3.05, 3.63) is 175 Å². The topological polar surface area (TPSA) is 48.5 Å². The SMILES string of the molecule is c1ccc(-n2c3ccccc3c3ccc(-c4cc5c(cn4)Cc4cnc(-c6ccc7c8ccccc8n(-c8ccccc8)c7c6)nc4-5)cc32)cc1. The van der Waals surface area contributed by atoms with Crippen LogP contribution in [-0.4, -0.2) is 24.1 Å². The molecule has 51 heavy (non-hydrogen) atoms. The molecule has 1 aliphatic carbocycles. The molecule has 0 radical (unpaired) electrons. The summed E-state index contributed by atoms with van der Waals surface area (Å²) >= 11 is 0. The van der Waals surface area contributed by atoms with Crippen molar-refractivity contribution in [1.29, 1.82) is 0 Å². The highest BCUT2D eigenvalue weighted by Gasteiger charge is 2.24. The van der Waals surface area contributed by atoms with Crippen molar-refractivity contribution in [3.8, 4) is 45.3 Å². The zero-order chi connectivity index (χ0) is 33.5. The third-order valence-corrected chi connectivity index (χ3v) is 10.4. The lowest BCUT2D eigenvalue weighted by Crippen LogP contribution is -1.96. The summed E-state index contributed by atoms with van der Waals surface area (Å²) in [6.07, 6.45) is 4.80. The highest BCUT2D eigenvalue weighted by atomic mass is 15.0. The molecule has 4 heterocycles. The Kier molecular flexibility index (Phi) is 5.95. The summed E-state index contributed by atoms with van der Waals surface area (Å²) in [5.41, 5.74) is 14.4. The van der Waals surface area contributed by atoms with Gasteiger partial charge in [-0.05, 0) is 60.2 Å². The van der Waals surface area contributed by atoms with E-state index in [1.165, 1.54) is 38.1 Å². The molecule has 10 aromatic rings. The number of rotatable bonds is 4. The summed E-state index contributed by atoms with van der Waals surface area (Å²) in [5, 5.41) is 4.91. The van der Waals surface area contributed by atoms with E-state index >= 15 is 0 Å². The van der Waals surface area contributed by atoms with E-state index in [9.17, 15) is 0 Å². The normalized spacial score (nSPS) is 12.2. The van der Waals surface area contributed by atoms with Crippen LogP contribution in [0, 0.1) is 0 Å². The van der Waals surface area contributed by atoms with E-state index in [1.807, 2.05) is 12.4 Å². The van der Waals surface area contributed by atoms with Crippen molar-refractivity contribution >= 4 is 43.6 Å². The van der Waals surface area contributed by atoms with E-state index in [0.717, 1.165) is 68.3 Å². The molecular formula is C46H29N5. The Morgan fingerprint density at radius 3 is 1.61 bits per heavy atom. The fraction of sp³-hybridized carbons (Fsp3) is 0.0217. The van der Waals surface area contributed by atoms with Gasteiger partial charge in [-0.25, -0.2) is 9.97 Å². The van der Waals surface area contributed by atoms with Crippen molar-refractivity contribution in [2.24, 2.45) is 0 Å². The van der Waals surface area contributed by atoms with Crippen molar-refractivity contribution in [2.45, 2.75) is 6.42 Å². The zero-order valence-electron chi connectivity index (χ0n) is 27.5. The van der Waals surface area contributed by atoms with Gasteiger partial charge in [-0.1, -0.05) is 97.1 Å². The number of nitrogens with zero attached hydrogens (tertiary/aromatic N) is 5. The summed E-state index contributed by atoms with van der Waals surface area (Å²) in [6, 6.07) is 53.9. The first-order valence-corrected chi connectivity index (χ1v) is 17.3. The van der Waals surface area contributed by atoms with Gasteiger partial charge in [-0.2, -0.15) is 0 Å². The fourth-order valence-electron chi connectivity index (χ4n) is 8.07. The maximum Gasteiger partial charge on any atom is 0.159 e. The van der Waals surface area contributed by atoms with Gasteiger partial charge >= 0.3 is 0 Å². The molecule has 4 aromatic heterocycles. The Hall–Kier alpha value is -6.85. The van der Waals surface area contributed by atoms with E-state index in [4.69, 9.17) is 15.0 Å². The van der Waals surface area contributed by atoms with Crippen molar-refractivity contribution in [3.63, 3.8) is 0 Å². The van der Waals surface area contributed by atoms with Crippen LogP contribution >= 0.6 is 0 Å². The van der Waals surface area contributed by atoms with Gasteiger partial charge in [0.2, 0.25) is 0 Å². The van der Waals surface area contributed by atoms with Gasteiger partial charge in [0.25, 0.3) is 0 Å². The monoisotopic (exact) mass is 651 g/mol. The molecule has 0 bridgehead atoms. The molecule has 1 aliphatic rings. The van der Waals surface area contributed by atoms with Crippen LogP contribution in [0.2, 0.25) is 0 Å². The Balaban J connectivity index is 1.03. The first-order valence-electron chi connectivity index (χ1n) is 17.3. The molecule has 0 N–H and O–H groups in total. The van der Waals surface area contributed by atoms with Gasteiger partial charge in [-0.15, -0.1) is 0 Å². The maximum absolute atomic E-state index is 5.24. The van der Waals surface area contributed by atoms with Gasteiger partial charge in [0.15, 0.2) is 5.82 Å². The van der Waals surface area contributed by atoms with E-state index < -0.39 is 0 Å². The van der Waals surface area contributed by atoms with Crippen LogP contribution in [0.4, 0.5) is 0 Å². The van der Waals surface area contributed by atoms with Crippen molar-refractivity contribution in [1.82, 2.24) is 24.1 Å². The van der Waals surface area contributed by atoms with Gasteiger partial charge in [0.1, 0.15) is 0 Å². The minimum absolute atomic E-state index is 0.723. The van der Waals surface area contributed by atoms with Crippen LogP contribution < -0.4 is 0 Å². The average molecular weight is 652 g/mol. The van der Waals surface area contributed by atoms with Gasteiger partial charge in [-0.3, -0.25) is 4.98 Å². The molecule has 0 amide bonds. The van der Waals surface area contributed by atoms with Crippen LogP contribution in [0.15, 0.2) is 164 Å². The highest BCUT2D eigenvalue weighted by Crippen LogP contribution is 2.40. The van der Waals surface area contributed by atoms with Crippen LogP contribution in [0.3, 0.4) is 0 Å². The number of hydrogen-bond acceptors (Lipinski definition) is 3. The molecule has 0 saturated heterocycles. The average Bonchev–Trinajstić information content (AvgIpc) is 3.85. The van der Waals surface area contributed by atoms with Crippen molar-refractivity contribution < 1.29 is 0 Å². The Labute approximate surface area is 293 Å². The molecule has 5 heteroatoms. The Morgan fingerprint density at radius 1 is 0.431 bits per heavy atom. The predicted molar refractivity (Wildman–Crippen MR) is 208 cm³/mol. The highest BCUT2D eigenvalue weighted by molar-refractivity contribution is 6.11. The smallest absolute Gasteiger partial charge is 0.159 e. The van der Waals surface area contributed by atoms with Gasteiger partial charge in [0.05, 0.1) is 33.5 Å². The second-order valence-electron chi connectivity index (χ2n) is 13.3. The summed E-state index contributed by atoms with van der Waals surface area (Å²) in [4.78, 5) is 15.1. The second-order valence-corrected chi connectivity index (χ2v) is 13.3. The van der Waals surface area contributed by atoms with Crippen molar-refractivity contribution in [2.75, 3.05) is 0 Å². The molecule has 0 aliphatic heterocycles. The quantitative estimate of drug-likeness (QED) is 0.190. The molecule has 0 fully saturated rings. The second kappa shape index (κ2) is 10.8. The molecular weight excluding hydrogens is 623 g/mol. The lowest BCUT2D eigenvalue weighted by Gasteiger charge is -2.10. The van der Waals surface area contributed by atoms with Crippen LogP contribution in [0.25, 0.3) is 88.9 Å². The predicted octanol–water partition coefficient (Wildman–Crippen LogP) is 11.0. The number of benzene rings is 6. The molecule has 6 aromatic carbocycles. The molecule has 5 nitrogen and oxygen atoms in total. The third-order valence-electron chi connectivity index (χ3n) is 10.4.